The highest BCUT2D eigenvalue weighted by atomic mass is 16.6. The van der Waals surface area contributed by atoms with Crippen LogP contribution in [0.2, 0.25) is 0 Å². The van der Waals surface area contributed by atoms with Gasteiger partial charge in [0.05, 0.1) is 18.1 Å². The van der Waals surface area contributed by atoms with Gasteiger partial charge in [-0.2, -0.15) is 0 Å². The van der Waals surface area contributed by atoms with E-state index in [0.29, 0.717) is 18.5 Å². The van der Waals surface area contributed by atoms with E-state index in [1.165, 1.54) is 0 Å². The minimum Gasteiger partial charge on any atom is -0.379 e. The van der Waals surface area contributed by atoms with E-state index in [1.54, 1.807) is 6.07 Å². The SMILES string of the molecule is NCCc1ccc(CN2CCOCC2)cc1[N+](=O)[O-]. The van der Waals surface area contributed by atoms with E-state index in [1.807, 2.05) is 12.1 Å². The third-order valence-electron chi connectivity index (χ3n) is 3.27. The van der Waals surface area contributed by atoms with Crippen LogP contribution in [0.3, 0.4) is 0 Å². The topological polar surface area (TPSA) is 81.6 Å². The number of morpholine rings is 1. The second-order valence-corrected chi connectivity index (χ2v) is 4.65. The Morgan fingerprint density at radius 3 is 2.74 bits per heavy atom. The molecule has 1 aromatic carbocycles. The van der Waals surface area contributed by atoms with E-state index in [2.05, 4.69) is 4.90 Å². The van der Waals surface area contributed by atoms with E-state index < -0.39 is 0 Å². The van der Waals surface area contributed by atoms with Gasteiger partial charge in [-0.1, -0.05) is 12.1 Å². The van der Waals surface area contributed by atoms with Gasteiger partial charge in [0.25, 0.3) is 5.69 Å². The van der Waals surface area contributed by atoms with E-state index in [-0.39, 0.29) is 10.6 Å². The Morgan fingerprint density at radius 1 is 1.37 bits per heavy atom. The Bertz CT molecular complexity index is 445. The summed E-state index contributed by atoms with van der Waals surface area (Å²) in [5.41, 5.74) is 7.32. The van der Waals surface area contributed by atoms with E-state index in [9.17, 15) is 10.1 Å². The van der Waals surface area contributed by atoms with Crippen molar-refractivity contribution in [3.05, 3.63) is 39.4 Å². The molecule has 0 aliphatic carbocycles. The molecule has 1 aliphatic rings. The average Bonchev–Trinajstić information content (AvgIpc) is 2.42. The van der Waals surface area contributed by atoms with Crippen LogP contribution in [0.4, 0.5) is 5.69 Å². The number of benzene rings is 1. The highest BCUT2D eigenvalue weighted by Crippen LogP contribution is 2.21. The Kier molecular flexibility index (Phi) is 4.84. The summed E-state index contributed by atoms with van der Waals surface area (Å²) in [5, 5.41) is 11.1. The van der Waals surface area contributed by atoms with E-state index in [0.717, 1.165) is 38.4 Å². The van der Waals surface area contributed by atoms with Gasteiger partial charge >= 0.3 is 0 Å². The zero-order chi connectivity index (χ0) is 13.7. The van der Waals surface area contributed by atoms with Crippen LogP contribution in [0, 0.1) is 10.1 Å². The first kappa shape index (κ1) is 13.9. The Hall–Kier alpha value is -1.50. The molecule has 0 radical (unpaired) electrons. The van der Waals surface area contributed by atoms with Gasteiger partial charge in [0.15, 0.2) is 0 Å². The highest BCUT2D eigenvalue weighted by Gasteiger charge is 2.16. The number of hydrogen-bond acceptors (Lipinski definition) is 5. The maximum atomic E-state index is 11.1. The van der Waals surface area contributed by atoms with Crippen LogP contribution in [0.15, 0.2) is 18.2 Å². The van der Waals surface area contributed by atoms with Gasteiger partial charge in [-0.25, -0.2) is 0 Å². The molecule has 6 heteroatoms. The maximum Gasteiger partial charge on any atom is 0.272 e. The van der Waals surface area contributed by atoms with Crippen molar-refractivity contribution in [2.24, 2.45) is 5.73 Å². The molecule has 1 heterocycles. The van der Waals surface area contributed by atoms with Crippen molar-refractivity contribution in [2.45, 2.75) is 13.0 Å². The van der Waals surface area contributed by atoms with Gasteiger partial charge in [-0.3, -0.25) is 15.0 Å². The lowest BCUT2D eigenvalue weighted by atomic mass is 10.1. The molecule has 0 amide bonds. The van der Waals surface area contributed by atoms with Crippen LogP contribution in [0.1, 0.15) is 11.1 Å². The van der Waals surface area contributed by atoms with Gasteiger partial charge in [0, 0.05) is 31.3 Å². The second kappa shape index (κ2) is 6.60. The lowest BCUT2D eigenvalue weighted by Crippen LogP contribution is -2.35. The summed E-state index contributed by atoms with van der Waals surface area (Å²) in [5.74, 6) is 0. The molecule has 1 saturated heterocycles. The smallest absolute Gasteiger partial charge is 0.272 e. The molecule has 19 heavy (non-hydrogen) atoms. The molecular formula is C13H19N3O3. The van der Waals surface area contributed by atoms with Crippen molar-refractivity contribution >= 4 is 5.69 Å². The molecule has 104 valence electrons. The van der Waals surface area contributed by atoms with Crippen LogP contribution in [-0.2, 0) is 17.7 Å². The molecule has 0 spiro atoms. The number of nitrogens with two attached hydrogens (primary N) is 1. The summed E-state index contributed by atoms with van der Waals surface area (Å²) in [7, 11) is 0. The van der Waals surface area contributed by atoms with E-state index >= 15 is 0 Å². The number of nitrogens with zero attached hydrogens (tertiary/aromatic N) is 2. The molecule has 0 aromatic heterocycles. The fraction of sp³-hybridized carbons (Fsp3) is 0.538. The third kappa shape index (κ3) is 3.73. The summed E-state index contributed by atoms with van der Waals surface area (Å²) in [6, 6.07) is 5.44. The summed E-state index contributed by atoms with van der Waals surface area (Å²) in [4.78, 5) is 13.0. The fourth-order valence-electron chi connectivity index (χ4n) is 2.26. The molecule has 2 rings (SSSR count). The quantitative estimate of drug-likeness (QED) is 0.632. The van der Waals surface area contributed by atoms with E-state index in [4.69, 9.17) is 10.5 Å². The number of rotatable bonds is 5. The van der Waals surface area contributed by atoms with Gasteiger partial charge in [0.2, 0.25) is 0 Å². The Balaban J connectivity index is 2.12. The molecule has 1 aliphatic heterocycles. The molecule has 6 nitrogen and oxygen atoms in total. The average molecular weight is 265 g/mol. The van der Waals surface area contributed by atoms with Gasteiger partial charge in [-0.05, 0) is 18.5 Å². The van der Waals surface area contributed by atoms with Crippen molar-refractivity contribution < 1.29 is 9.66 Å². The maximum absolute atomic E-state index is 11.1. The lowest BCUT2D eigenvalue weighted by molar-refractivity contribution is -0.385. The van der Waals surface area contributed by atoms with Crippen molar-refractivity contribution in [1.29, 1.82) is 0 Å². The molecule has 1 fully saturated rings. The first-order valence-electron chi connectivity index (χ1n) is 6.47. The number of nitro groups is 1. The zero-order valence-corrected chi connectivity index (χ0v) is 10.9. The van der Waals surface area contributed by atoms with Gasteiger partial charge in [-0.15, -0.1) is 0 Å². The third-order valence-corrected chi connectivity index (χ3v) is 3.27. The van der Waals surface area contributed by atoms with Gasteiger partial charge in [0.1, 0.15) is 0 Å². The Labute approximate surface area is 112 Å². The minimum absolute atomic E-state index is 0.177. The normalized spacial score (nSPS) is 16.5. The van der Waals surface area contributed by atoms with Crippen molar-refractivity contribution in [1.82, 2.24) is 4.90 Å². The molecule has 0 bridgehead atoms. The Morgan fingerprint density at radius 2 is 2.11 bits per heavy atom. The molecule has 0 unspecified atom stereocenters. The molecular weight excluding hydrogens is 246 g/mol. The zero-order valence-electron chi connectivity index (χ0n) is 10.9. The van der Waals surface area contributed by atoms with Gasteiger partial charge < -0.3 is 10.5 Å². The van der Waals surface area contributed by atoms with Crippen molar-refractivity contribution in [3.8, 4) is 0 Å². The summed E-state index contributed by atoms with van der Waals surface area (Å²) in [6.07, 6.45) is 0.536. The highest BCUT2D eigenvalue weighted by molar-refractivity contribution is 5.43. The summed E-state index contributed by atoms with van der Waals surface area (Å²) >= 11 is 0. The number of ether oxygens (including phenoxy) is 1. The first-order chi connectivity index (χ1) is 9.20. The molecule has 0 atom stereocenters. The lowest BCUT2D eigenvalue weighted by Gasteiger charge is -2.26. The molecule has 0 saturated carbocycles. The van der Waals surface area contributed by atoms with Crippen LogP contribution >= 0.6 is 0 Å². The monoisotopic (exact) mass is 265 g/mol. The predicted molar refractivity (Wildman–Crippen MR) is 72.0 cm³/mol. The van der Waals surface area contributed by atoms with Crippen molar-refractivity contribution in [2.75, 3.05) is 32.8 Å². The van der Waals surface area contributed by atoms with Crippen LogP contribution in [-0.4, -0.2) is 42.7 Å². The first-order valence-corrected chi connectivity index (χ1v) is 6.47. The molecule has 1 aromatic rings. The van der Waals surface area contributed by atoms with Crippen LogP contribution in [0.5, 0.6) is 0 Å². The summed E-state index contributed by atoms with van der Waals surface area (Å²) < 4.78 is 5.29. The largest absolute Gasteiger partial charge is 0.379 e. The number of hydrogen-bond donors (Lipinski definition) is 1. The second-order valence-electron chi connectivity index (χ2n) is 4.65. The van der Waals surface area contributed by atoms with Crippen LogP contribution < -0.4 is 5.73 Å². The predicted octanol–water partition coefficient (Wildman–Crippen LogP) is 0.928. The standard InChI is InChI=1S/C13H19N3O3/c14-4-3-12-2-1-11(9-13(12)16(17)18)10-15-5-7-19-8-6-15/h1-2,9H,3-8,10,14H2. The summed E-state index contributed by atoms with van der Waals surface area (Å²) in [6.45, 7) is 4.36. The number of nitro benzene ring substituents is 1. The molecule has 2 N–H and O–H groups in total. The minimum atomic E-state index is -0.326. The fourth-order valence-corrected chi connectivity index (χ4v) is 2.26. The van der Waals surface area contributed by atoms with Crippen LogP contribution in [0.25, 0.3) is 0 Å². The van der Waals surface area contributed by atoms with Crippen molar-refractivity contribution in [3.63, 3.8) is 0 Å².